The van der Waals surface area contributed by atoms with Crippen molar-refractivity contribution in [3.63, 3.8) is 0 Å². The number of hydrogen-bond acceptors (Lipinski definition) is 1. The van der Waals surface area contributed by atoms with E-state index in [1.165, 1.54) is 12.8 Å². The van der Waals surface area contributed by atoms with Crippen LogP contribution in [0.3, 0.4) is 0 Å². The van der Waals surface area contributed by atoms with Crippen LogP contribution in [0.15, 0.2) is 0 Å². The van der Waals surface area contributed by atoms with Gasteiger partial charge in [0.1, 0.15) is 0 Å². The van der Waals surface area contributed by atoms with Gasteiger partial charge < -0.3 is 5.73 Å². The second-order valence-corrected chi connectivity index (χ2v) is 4.97. The van der Waals surface area contributed by atoms with Crippen molar-refractivity contribution >= 4 is 0 Å². The highest BCUT2D eigenvalue weighted by atomic mass is 14.7. The van der Waals surface area contributed by atoms with Crippen LogP contribution in [0.2, 0.25) is 0 Å². The van der Waals surface area contributed by atoms with Gasteiger partial charge in [0.25, 0.3) is 0 Å². The van der Waals surface area contributed by atoms with Crippen LogP contribution in [0, 0.1) is 17.3 Å². The topological polar surface area (TPSA) is 26.0 Å². The molecular weight excluding hydrogens is 134 g/mol. The molecule has 0 unspecified atom stereocenters. The van der Waals surface area contributed by atoms with E-state index in [0.717, 1.165) is 5.92 Å². The predicted octanol–water partition coefficient (Wildman–Crippen LogP) is 2.41. The van der Waals surface area contributed by atoms with Crippen LogP contribution < -0.4 is 5.73 Å². The molecule has 1 saturated carbocycles. The Balaban J connectivity index is 2.63. The van der Waals surface area contributed by atoms with Crippen LogP contribution >= 0.6 is 0 Å². The largest absolute Gasteiger partial charge is 0.327 e. The van der Waals surface area contributed by atoms with Crippen LogP contribution in [0.1, 0.15) is 40.5 Å². The summed E-state index contributed by atoms with van der Waals surface area (Å²) in [6.45, 7) is 9.32. The van der Waals surface area contributed by atoms with Crippen molar-refractivity contribution in [2.75, 3.05) is 0 Å². The van der Waals surface area contributed by atoms with E-state index in [0.29, 0.717) is 17.4 Å². The summed E-state index contributed by atoms with van der Waals surface area (Å²) in [6, 6.07) is 0.443. The molecule has 2 N–H and O–H groups in total. The van der Waals surface area contributed by atoms with Crippen LogP contribution in [0.5, 0.6) is 0 Å². The molecule has 0 spiro atoms. The molecule has 0 amide bonds. The zero-order valence-corrected chi connectivity index (χ0v) is 8.22. The van der Waals surface area contributed by atoms with Gasteiger partial charge in [-0.2, -0.15) is 0 Å². The van der Waals surface area contributed by atoms with Crippen LogP contribution in [0.4, 0.5) is 0 Å². The molecule has 1 aliphatic rings. The van der Waals surface area contributed by atoms with Crippen LogP contribution in [-0.4, -0.2) is 6.04 Å². The molecule has 1 nitrogen and oxygen atoms in total. The highest BCUT2D eigenvalue weighted by Crippen LogP contribution is 2.42. The summed E-state index contributed by atoms with van der Waals surface area (Å²) in [6.07, 6.45) is 2.49. The molecule has 0 bridgehead atoms. The van der Waals surface area contributed by atoms with E-state index in [1.54, 1.807) is 0 Å². The quantitative estimate of drug-likeness (QED) is 0.571. The maximum absolute atomic E-state index is 5.99. The second-order valence-electron chi connectivity index (χ2n) is 4.97. The Morgan fingerprint density at radius 1 is 1.27 bits per heavy atom. The minimum Gasteiger partial charge on any atom is -0.327 e. The fourth-order valence-electron chi connectivity index (χ4n) is 2.14. The molecule has 1 rings (SSSR count). The molecule has 0 aromatic rings. The van der Waals surface area contributed by atoms with Gasteiger partial charge in [0.05, 0.1) is 0 Å². The van der Waals surface area contributed by atoms with Gasteiger partial charge in [-0.1, -0.05) is 27.7 Å². The molecule has 0 heterocycles. The van der Waals surface area contributed by atoms with E-state index in [-0.39, 0.29) is 0 Å². The average Bonchev–Trinajstić information content (AvgIpc) is 1.83. The molecule has 1 heteroatoms. The lowest BCUT2D eigenvalue weighted by Crippen LogP contribution is -2.42. The third-order valence-electron chi connectivity index (χ3n) is 3.54. The number of rotatable bonds is 0. The first-order valence-corrected chi connectivity index (χ1v) is 4.69. The first-order valence-electron chi connectivity index (χ1n) is 4.69. The third kappa shape index (κ3) is 1.76. The highest BCUT2D eigenvalue weighted by Gasteiger charge is 2.35. The minimum atomic E-state index is 0.443. The smallest absolute Gasteiger partial charge is 0.00674 e. The Kier molecular flexibility index (Phi) is 2.29. The first-order chi connectivity index (χ1) is 4.93. The van der Waals surface area contributed by atoms with Crippen LogP contribution in [0.25, 0.3) is 0 Å². The Bertz CT molecular complexity index is 140. The Hall–Kier alpha value is -0.0400. The Labute approximate surface area is 70.4 Å². The Morgan fingerprint density at radius 3 is 2.27 bits per heavy atom. The molecule has 66 valence electrons. The molecule has 1 fully saturated rings. The standard InChI is InChI=1S/C10H21N/c1-7-6-10(3,4)8(2)5-9(7)11/h7-9H,5-6,11H2,1-4H3/t7-,8+,9-/m0/s1. The van der Waals surface area contributed by atoms with Gasteiger partial charge in [0.15, 0.2) is 0 Å². The van der Waals surface area contributed by atoms with Gasteiger partial charge >= 0.3 is 0 Å². The van der Waals surface area contributed by atoms with Gasteiger partial charge in [-0.15, -0.1) is 0 Å². The van der Waals surface area contributed by atoms with Gasteiger partial charge in [-0.3, -0.25) is 0 Å². The molecule has 0 aromatic heterocycles. The second kappa shape index (κ2) is 2.78. The summed E-state index contributed by atoms with van der Waals surface area (Å²) in [5.74, 6) is 1.50. The van der Waals surface area contributed by atoms with Gasteiger partial charge in [-0.25, -0.2) is 0 Å². The van der Waals surface area contributed by atoms with Crippen molar-refractivity contribution in [1.29, 1.82) is 0 Å². The van der Waals surface area contributed by atoms with E-state index in [4.69, 9.17) is 5.73 Å². The average molecular weight is 155 g/mol. The monoisotopic (exact) mass is 155 g/mol. The maximum Gasteiger partial charge on any atom is 0.00674 e. The zero-order chi connectivity index (χ0) is 8.65. The summed E-state index contributed by atoms with van der Waals surface area (Å²) >= 11 is 0. The minimum absolute atomic E-state index is 0.443. The van der Waals surface area contributed by atoms with Gasteiger partial charge in [0, 0.05) is 6.04 Å². The number of nitrogens with two attached hydrogens (primary N) is 1. The molecule has 0 aromatic carbocycles. The summed E-state index contributed by atoms with van der Waals surface area (Å²) in [4.78, 5) is 0. The van der Waals surface area contributed by atoms with Crippen molar-refractivity contribution in [3.05, 3.63) is 0 Å². The molecule has 0 aliphatic heterocycles. The van der Waals surface area contributed by atoms with Crippen molar-refractivity contribution in [2.24, 2.45) is 23.0 Å². The summed E-state index contributed by atoms with van der Waals surface area (Å²) in [5, 5.41) is 0. The lowest BCUT2D eigenvalue weighted by Gasteiger charge is -2.43. The molecule has 11 heavy (non-hydrogen) atoms. The predicted molar refractivity (Wildman–Crippen MR) is 49.3 cm³/mol. The fraction of sp³-hybridized carbons (Fsp3) is 1.00. The van der Waals surface area contributed by atoms with E-state index < -0.39 is 0 Å². The van der Waals surface area contributed by atoms with Gasteiger partial charge in [-0.05, 0) is 30.1 Å². The van der Waals surface area contributed by atoms with Gasteiger partial charge in [0.2, 0.25) is 0 Å². The molecule has 0 saturated heterocycles. The number of hydrogen-bond donors (Lipinski definition) is 1. The van der Waals surface area contributed by atoms with Crippen molar-refractivity contribution in [3.8, 4) is 0 Å². The Morgan fingerprint density at radius 2 is 1.82 bits per heavy atom. The normalized spacial score (nSPS) is 43.9. The van der Waals surface area contributed by atoms with Crippen molar-refractivity contribution in [2.45, 2.75) is 46.6 Å². The summed E-state index contributed by atoms with van der Waals surface area (Å²) in [5.41, 5.74) is 6.50. The van der Waals surface area contributed by atoms with Crippen LogP contribution in [-0.2, 0) is 0 Å². The van der Waals surface area contributed by atoms with E-state index in [9.17, 15) is 0 Å². The molecule has 1 aliphatic carbocycles. The van der Waals surface area contributed by atoms with Crippen molar-refractivity contribution < 1.29 is 0 Å². The van der Waals surface area contributed by atoms with E-state index in [2.05, 4.69) is 27.7 Å². The molecule has 3 atom stereocenters. The zero-order valence-electron chi connectivity index (χ0n) is 8.22. The first kappa shape index (κ1) is 9.05. The van der Waals surface area contributed by atoms with Crippen molar-refractivity contribution in [1.82, 2.24) is 0 Å². The summed E-state index contributed by atoms with van der Waals surface area (Å²) < 4.78 is 0. The fourth-order valence-corrected chi connectivity index (χ4v) is 2.14. The lowest BCUT2D eigenvalue weighted by molar-refractivity contribution is 0.0977. The molecular formula is C10H21N. The maximum atomic E-state index is 5.99. The lowest BCUT2D eigenvalue weighted by atomic mass is 9.64. The van der Waals surface area contributed by atoms with E-state index >= 15 is 0 Å². The highest BCUT2D eigenvalue weighted by molar-refractivity contribution is 4.89. The summed E-state index contributed by atoms with van der Waals surface area (Å²) in [7, 11) is 0. The SMILES string of the molecule is C[C@@H]1C[C@H](N)[C@@H](C)CC1(C)C. The molecule has 0 radical (unpaired) electrons. The van der Waals surface area contributed by atoms with E-state index in [1.807, 2.05) is 0 Å². The third-order valence-corrected chi connectivity index (χ3v) is 3.54.